The Balaban J connectivity index is 2.24. The van der Waals surface area contributed by atoms with Gasteiger partial charge >= 0.3 is 0 Å². The Morgan fingerprint density at radius 3 is 2.94 bits per heavy atom. The molecular formula is C11H14BrFN2O. The highest BCUT2D eigenvalue weighted by Crippen LogP contribution is 2.32. The molecule has 1 unspecified atom stereocenters. The van der Waals surface area contributed by atoms with Gasteiger partial charge in [0.25, 0.3) is 0 Å². The molecule has 1 fully saturated rings. The van der Waals surface area contributed by atoms with E-state index in [0.29, 0.717) is 10.2 Å². The quantitative estimate of drug-likeness (QED) is 0.819. The van der Waals surface area contributed by atoms with Crippen molar-refractivity contribution in [3.8, 4) is 0 Å². The first kappa shape index (κ1) is 11.7. The molecule has 16 heavy (non-hydrogen) atoms. The topological polar surface area (TPSA) is 49.5 Å². The van der Waals surface area contributed by atoms with Gasteiger partial charge in [0.05, 0.1) is 15.8 Å². The third-order valence-electron chi connectivity index (χ3n) is 2.95. The van der Waals surface area contributed by atoms with Gasteiger partial charge in [0.2, 0.25) is 0 Å². The van der Waals surface area contributed by atoms with Gasteiger partial charge in [0.15, 0.2) is 0 Å². The Bertz CT molecular complexity index is 400. The summed E-state index contributed by atoms with van der Waals surface area (Å²) in [5.41, 5.74) is 7.14. The summed E-state index contributed by atoms with van der Waals surface area (Å²) >= 11 is 3.10. The summed E-state index contributed by atoms with van der Waals surface area (Å²) in [7, 11) is 0. The van der Waals surface area contributed by atoms with E-state index in [1.807, 2.05) is 4.90 Å². The van der Waals surface area contributed by atoms with Crippen molar-refractivity contribution in [2.75, 3.05) is 30.3 Å². The van der Waals surface area contributed by atoms with E-state index in [9.17, 15) is 4.39 Å². The smallest absolute Gasteiger partial charge is 0.139 e. The lowest BCUT2D eigenvalue weighted by atomic mass is 10.1. The Kier molecular flexibility index (Phi) is 3.35. The Labute approximate surface area is 102 Å². The lowest BCUT2D eigenvalue weighted by Gasteiger charge is -2.20. The third-order valence-corrected chi connectivity index (χ3v) is 3.56. The molecule has 0 bridgehead atoms. The van der Waals surface area contributed by atoms with Gasteiger partial charge in [-0.2, -0.15) is 0 Å². The van der Waals surface area contributed by atoms with E-state index in [1.165, 1.54) is 6.07 Å². The number of hydrogen-bond donors (Lipinski definition) is 2. The van der Waals surface area contributed by atoms with Gasteiger partial charge in [-0.15, -0.1) is 0 Å². The van der Waals surface area contributed by atoms with Crippen LogP contribution in [-0.4, -0.2) is 24.8 Å². The first-order valence-electron chi connectivity index (χ1n) is 5.22. The van der Waals surface area contributed by atoms with Crippen LogP contribution in [0.15, 0.2) is 16.6 Å². The van der Waals surface area contributed by atoms with Crippen LogP contribution in [0.2, 0.25) is 0 Å². The van der Waals surface area contributed by atoms with Crippen LogP contribution in [0.3, 0.4) is 0 Å². The van der Waals surface area contributed by atoms with Crippen LogP contribution in [0.25, 0.3) is 0 Å². The monoisotopic (exact) mass is 288 g/mol. The van der Waals surface area contributed by atoms with Crippen LogP contribution < -0.4 is 10.6 Å². The molecule has 88 valence electrons. The molecule has 0 spiro atoms. The zero-order valence-corrected chi connectivity index (χ0v) is 10.4. The number of nitrogens with zero attached hydrogens (tertiary/aromatic N) is 1. The van der Waals surface area contributed by atoms with Crippen LogP contribution in [-0.2, 0) is 0 Å². The first-order chi connectivity index (χ1) is 7.61. The summed E-state index contributed by atoms with van der Waals surface area (Å²) < 4.78 is 13.8. The number of nitrogen functional groups attached to an aromatic ring is 1. The normalized spacial score (nSPS) is 20.4. The minimum atomic E-state index is -0.309. The summed E-state index contributed by atoms with van der Waals surface area (Å²) in [6.07, 6.45) is 0.924. The number of aliphatic hydroxyl groups excluding tert-OH is 1. The molecule has 5 heteroatoms. The van der Waals surface area contributed by atoms with Gasteiger partial charge in [-0.25, -0.2) is 4.39 Å². The van der Waals surface area contributed by atoms with Gasteiger partial charge in [-0.3, -0.25) is 0 Å². The third kappa shape index (κ3) is 2.15. The van der Waals surface area contributed by atoms with Crippen molar-refractivity contribution in [1.82, 2.24) is 0 Å². The number of halogens is 2. The van der Waals surface area contributed by atoms with Gasteiger partial charge in [0, 0.05) is 31.7 Å². The highest BCUT2D eigenvalue weighted by atomic mass is 79.9. The number of rotatable bonds is 2. The van der Waals surface area contributed by atoms with Crippen LogP contribution in [0.1, 0.15) is 6.42 Å². The number of aliphatic hydroxyl groups is 1. The van der Waals surface area contributed by atoms with E-state index in [0.717, 1.165) is 25.2 Å². The molecule has 0 radical (unpaired) electrons. The maximum Gasteiger partial charge on any atom is 0.139 e. The minimum Gasteiger partial charge on any atom is -0.397 e. The standard InChI is InChI=1S/C11H14BrFN2O/c12-8-3-10(14)11(4-9(8)13)15-2-1-7(5-15)6-16/h3-4,7,16H,1-2,5-6,14H2. The summed E-state index contributed by atoms with van der Waals surface area (Å²) in [6, 6.07) is 3.02. The molecular weight excluding hydrogens is 275 g/mol. The van der Waals surface area contributed by atoms with Crippen molar-refractivity contribution >= 4 is 27.3 Å². The van der Waals surface area contributed by atoms with Crippen molar-refractivity contribution < 1.29 is 9.50 Å². The fraction of sp³-hybridized carbons (Fsp3) is 0.455. The van der Waals surface area contributed by atoms with E-state index in [4.69, 9.17) is 10.8 Å². The average molecular weight is 289 g/mol. The molecule has 0 saturated carbocycles. The van der Waals surface area contributed by atoms with Gasteiger partial charge in [-0.05, 0) is 28.4 Å². The lowest BCUT2D eigenvalue weighted by Crippen LogP contribution is -2.21. The van der Waals surface area contributed by atoms with E-state index in [2.05, 4.69) is 15.9 Å². The molecule has 1 aromatic carbocycles. The molecule has 3 nitrogen and oxygen atoms in total. The van der Waals surface area contributed by atoms with Gasteiger partial charge in [-0.1, -0.05) is 0 Å². The van der Waals surface area contributed by atoms with Crippen LogP contribution in [0, 0.1) is 11.7 Å². The lowest BCUT2D eigenvalue weighted by molar-refractivity contribution is 0.238. The van der Waals surface area contributed by atoms with E-state index in [1.54, 1.807) is 6.07 Å². The Morgan fingerprint density at radius 2 is 2.31 bits per heavy atom. The zero-order chi connectivity index (χ0) is 11.7. The van der Waals surface area contributed by atoms with Crippen molar-refractivity contribution in [2.24, 2.45) is 5.92 Å². The van der Waals surface area contributed by atoms with Crippen molar-refractivity contribution in [1.29, 1.82) is 0 Å². The fourth-order valence-corrected chi connectivity index (χ4v) is 2.39. The van der Waals surface area contributed by atoms with E-state index in [-0.39, 0.29) is 18.3 Å². The van der Waals surface area contributed by atoms with Crippen molar-refractivity contribution in [2.45, 2.75) is 6.42 Å². The summed E-state index contributed by atoms with van der Waals surface area (Å²) in [5.74, 6) is -0.0391. The van der Waals surface area contributed by atoms with Crippen molar-refractivity contribution in [3.63, 3.8) is 0 Å². The summed E-state index contributed by atoms with van der Waals surface area (Å²) in [4.78, 5) is 2.02. The Morgan fingerprint density at radius 1 is 1.56 bits per heavy atom. The molecule has 0 amide bonds. The molecule has 1 heterocycles. The molecule has 2 rings (SSSR count). The molecule has 3 N–H and O–H groups in total. The highest BCUT2D eigenvalue weighted by Gasteiger charge is 2.23. The van der Waals surface area contributed by atoms with Crippen LogP contribution >= 0.6 is 15.9 Å². The molecule has 0 aromatic heterocycles. The largest absolute Gasteiger partial charge is 0.397 e. The molecule has 1 aromatic rings. The van der Waals surface area contributed by atoms with E-state index < -0.39 is 0 Å². The number of anilines is 2. The van der Waals surface area contributed by atoms with Crippen LogP contribution in [0.5, 0.6) is 0 Å². The number of benzene rings is 1. The van der Waals surface area contributed by atoms with Gasteiger partial charge < -0.3 is 15.7 Å². The highest BCUT2D eigenvalue weighted by molar-refractivity contribution is 9.10. The Hall–Kier alpha value is -0.810. The zero-order valence-electron chi connectivity index (χ0n) is 8.79. The molecule has 0 aliphatic carbocycles. The van der Waals surface area contributed by atoms with Gasteiger partial charge in [0.1, 0.15) is 5.82 Å². The second-order valence-electron chi connectivity index (χ2n) is 4.11. The van der Waals surface area contributed by atoms with Crippen molar-refractivity contribution in [3.05, 3.63) is 22.4 Å². The summed E-state index contributed by atoms with van der Waals surface area (Å²) in [5, 5.41) is 9.06. The maximum absolute atomic E-state index is 13.4. The van der Waals surface area contributed by atoms with Crippen LogP contribution in [0.4, 0.5) is 15.8 Å². The predicted octanol–water partition coefficient (Wildman–Crippen LogP) is 1.99. The number of hydrogen-bond acceptors (Lipinski definition) is 3. The second kappa shape index (κ2) is 4.59. The first-order valence-corrected chi connectivity index (χ1v) is 6.01. The fourth-order valence-electron chi connectivity index (χ4n) is 2.03. The molecule has 1 aliphatic rings. The SMILES string of the molecule is Nc1cc(Br)c(F)cc1N1CCC(CO)C1. The minimum absolute atomic E-state index is 0.176. The molecule has 1 aliphatic heterocycles. The summed E-state index contributed by atoms with van der Waals surface area (Å²) in [6.45, 7) is 1.73. The number of nitrogens with two attached hydrogens (primary N) is 1. The second-order valence-corrected chi connectivity index (χ2v) is 4.96. The van der Waals surface area contributed by atoms with E-state index >= 15 is 0 Å². The molecule has 1 saturated heterocycles. The predicted molar refractivity (Wildman–Crippen MR) is 65.9 cm³/mol. The molecule has 1 atom stereocenters. The average Bonchev–Trinajstić information content (AvgIpc) is 2.71. The maximum atomic E-state index is 13.4.